The molecule has 6 heteroatoms. The molecule has 0 heterocycles. The Morgan fingerprint density at radius 2 is 1.95 bits per heavy atom. The van der Waals surface area contributed by atoms with Gasteiger partial charge in [0.15, 0.2) is 0 Å². The van der Waals surface area contributed by atoms with E-state index in [1.165, 1.54) is 0 Å². The number of aliphatic hydroxyl groups excluding tert-OH is 1. The van der Waals surface area contributed by atoms with Gasteiger partial charge in [-0.25, -0.2) is 0 Å². The van der Waals surface area contributed by atoms with E-state index in [0.29, 0.717) is 17.7 Å². The Morgan fingerprint density at radius 3 is 2.47 bits per heavy atom. The molecule has 0 saturated carbocycles. The number of carbonyl (C=O) groups is 2. The van der Waals surface area contributed by atoms with Gasteiger partial charge in [0.05, 0.1) is 12.6 Å². The van der Waals surface area contributed by atoms with Crippen LogP contribution in [0, 0.1) is 0 Å². The van der Waals surface area contributed by atoms with Crippen molar-refractivity contribution in [1.29, 1.82) is 0 Å². The first-order valence-electron chi connectivity index (χ1n) is 6.14. The lowest BCUT2D eigenvalue weighted by Crippen LogP contribution is -2.34. The largest absolute Gasteiger partial charge is 0.395 e. The van der Waals surface area contributed by atoms with E-state index in [2.05, 4.69) is 10.6 Å². The van der Waals surface area contributed by atoms with E-state index in [1.54, 1.807) is 24.3 Å². The topological polar surface area (TPSA) is 104 Å². The monoisotopic (exact) mass is 265 g/mol. The number of hydrogen-bond donors (Lipinski definition) is 4. The maximum atomic E-state index is 11.6. The number of carbonyl (C=O) groups excluding carboxylic acids is 2. The lowest BCUT2D eigenvalue weighted by atomic mass is 10.1. The number of nitrogens with one attached hydrogen (secondary N) is 2. The Labute approximate surface area is 112 Å². The van der Waals surface area contributed by atoms with Gasteiger partial charge in [-0.3, -0.25) is 9.59 Å². The van der Waals surface area contributed by atoms with Crippen LogP contribution in [0.3, 0.4) is 0 Å². The number of rotatable bonds is 6. The van der Waals surface area contributed by atoms with Crippen LogP contribution in [0.4, 0.5) is 5.69 Å². The van der Waals surface area contributed by atoms with Crippen LogP contribution < -0.4 is 16.4 Å². The van der Waals surface area contributed by atoms with Gasteiger partial charge in [-0.2, -0.15) is 0 Å². The Balaban J connectivity index is 2.61. The molecule has 1 atom stereocenters. The lowest BCUT2D eigenvalue weighted by molar-refractivity contribution is -0.117. The quantitative estimate of drug-likeness (QED) is 0.585. The normalized spacial score (nSPS) is 11.7. The maximum Gasteiger partial charge on any atom is 0.251 e. The summed E-state index contributed by atoms with van der Waals surface area (Å²) in [7, 11) is 0. The van der Waals surface area contributed by atoms with Crippen LogP contribution in [0.15, 0.2) is 24.3 Å². The summed E-state index contributed by atoms with van der Waals surface area (Å²) in [5.41, 5.74) is 6.65. The van der Waals surface area contributed by atoms with Crippen molar-refractivity contribution in [3.05, 3.63) is 29.8 Å². The Hall–Kier alpha value is -1.92. The van der Waals surface area contributed by atoms with Crippen molar-refractivity contribution in [3.8, 4) is 0 Å². The van der Waals surface area contributed by atoms with Gasteiger partial charge in [0, 0.05) is 17.8 Å². The smallest absolute Gasteiger partial charge is 0.251 e. The molecule has 0 unspecified atom stereocenters. The SMILES string of the molecule is CC[C@H](N)C(=O)Nc1ccc(C(=O)NCCO)cc1. The third kappa shape index (κ3) is 4.69. The fraction of sp³-hybridized carbons (Fsp3) is 0.385. The number of nitrogens with two attached hydrogens (primary N) is 1. The van der Waals surface area contributed by atoms with Crippen molar-refractivity contribution in [2.45, 2.75) is 19.4 Å². The highest BCUT2D eigenvalue weighted by molar-refractivity contribution is 5.97. The summed E-state index contributed by atoms with van der Waals surface area (Å²) >= 11 is 0. The molecule has 1 rings (SSSR count). The molecule has 0 aliphatic rings. The van der Waals surface area contributed by atoms with Gasteiger partial charge in [0.2, 0.25) is 5.91 Å². The molecule has 0 aromatic heterocycles. The molecule has 0 bridgehead atoms. The van der Waals surface area contributed by atoms with Crippen molar-refractivity contribution in [1.82, 2.24) is 5.32 Å². The highest BCUT2D eigenvalue weighted by Gasteiger charge is 2.11. The van der Waals surface area contributed by atoms with Crippen LogP contribution in [-0.4, -0.2) is 36.1 Å². The van der Waals surface area contributed by atoms with Crippen molar-refractivity contribution in [2.75, 3.05) is 18.5 Å². The van der Waals surface area contributed by atoms with Gasteiger partial charge >= 0.3 is 0 Å². The molecule has 2 amide bonds. The summed E-state index contributed by atoms with van der Waals surface area (Å²) in [6.45, 7) is 1.94. The second-order valence-corrected chi connectivity index (χ2v) is 4.06. The predicted octanol–water partition coefficient (Wildman–Crippen LogP) is 0.0845. The highest BCUT2D eigenvalue weighted by Crippen LogP contribution is 2.10. The van der Waals surface area contributed by atoms with Crippen LogP contribution in [0.5, 0.6) is 0 Å². The standard InChI is InChI=1S/C13H19N3O3/c1-2-11(14)13(19)16-10-5-3-9(4-6-10)12(18)15-7-8-17/h3-6,11,17H,2,7-8,14H2,1H3,(H,15,18)(H,16,19)/t11-/m0/s1. The highest BCUT2D eigenvalue weighted by atomic mass is 16.3. The zero-order valence-corrected chi connectivity index (χ0v) is 10.8. The molecule has 104 valence electrons. The summed E-state index contributed by atoms with van der Waals surface area (Å²) in [5, 5.41) is 13.8. The van der Waals surface area contributed by atoms with Crippen molar-refractivity contribution in [2.24, 2.45) is 5.73 Å². The van der Waals surface area contributed by atoms with E-state index < -0.39 is 6.04 Å². The lowest BCUT2D eigenvalue weighted by Gasteiger charge is -2.10. The van der Waals surface area contributed by atoms with Crippen LogP contribution in [0.25, 0.3) is 0 Å². The fourth-order valence-corrected chi connectivity index (χ4v) is 1.40. The average molecular weight is 265 g/mol. The van der Waals surface area contributed by atoms with Crippen molar-refractivity contribution in [3.63, 3.8) is 0 Å². The molecule has 1 aromatic carbocycles. The first kappa shape index (κ1) is 15.1. The summed E-state index contributed by atoms with van der Waals surface area (Å²) in [6.07, 6.45) is 0.563. The summed E-state index contributed by atoms with van der Waals surface area (Å²) in [4.78, 5) is 23.1. The Morgan fingerprint density at radius 1 is 1.32 bits per heavy atom. The van der Waals surface area contributed by atoms with Crippen molar-refractivity contribution >= 4 is 17.5 Å². The third-order valence-electron chi connectivity index (χ3n) is 2.59. The molecule has 0 aliphatic carbocycles. The minimum absolute atomic E-state index is 0.102. The van der Waals surface area contributed by atoms with E-state index in [-0.39, 0.29) is 25.0 Å². The molecular formula is C13H19N3O3. The number of benzene rings is 1. The molecule has 0 radical (unpaired) electrons. The molecule has 0 spiro atoms. The molecular weight excluding hydrogens is 246 g/mol. The number of hydrogen-bond acceptors (Lipinski definition) is 4. The Kier molecular flexibility index (Phi) is 5.98. The van der Waals surface area contributed by atoms with Crippen LogP contribution in [-0.2, 0) is 4.79 Å². The number of anilines is 1. The van der Waals surface area contributed by atoms with Gasteiger partial charge < -0.3 is 21.5 Å². The molecule has 5 N–H and O–H groups in total. The summed E-state index contributed by atoms with van der Waals surface area (Å²) in [5.74, 6) is -0.517. The van der Waals surface area contributed by atoms with E-state index in [0.717, 1.165) is 0 Å². The van der Waals surface area contributed by atoms with E-state index in [4.69, 9.17) is 10.8 Å². The zero-order valence-electron chi connectivity index (χ0n) is 10.8. The second kappa shape index (κ2) is 7.50. The molecule has 0 aliphatic heterocycles. The third-order valence-corrected chi connectivity index (χ3v) is 2.59. The zero-order chi connectivity index (χ0) is 14.3. The molecule has 19 heavy (non-hydrogen) atoms. The molecule has 0 saturated heterocycles. The van der Waals surface area contributed by atoms with Gasteiger partial charge in [0.25, 0.3) is 5.91 Å². The maximum absolute atomic E-state index is 11.6. The molecule has 1 aromatic rings. The average Bonchev–Trinajstić information content (AvgIpc) is 2.44. The number of aliphatic hydroxyl groups is 1. The van der Waals surface area contributed by atoms with Gasteiger partial charge in [-0.15, -0.1) is 0 Å². The fourth-order valence-electron chi connectivity index (χ4n) is 1.40. The van der Waals surface area contributed by atoms with E-state index in [1.807, 2.05) is 6.92 Å². The second-order valence-electron chi connectivity index (χ2n) is 4.06. The van der Waals surface area contributed by atoms with Crippen molar-refractivity contribution < 1.29 is 14.7 Å². The van der Waals surface area contributed by atoms with Gasteiger partial charge in [0.1, 0.15) is 0 Å². The first-order valence-corrected chi connectivity index (χ1v) is 6.14. The molecule has 6 nitrogen and oxygen atoms in total. The number of amides is 2. The van der Waals surface area contributed by atoms with Crippen LogP contribution in [0.2, 0.25) is 0 Å². The minimum atomic E-state index is -0.535. The van der Waals surface area contributed by atoms with E-state index in [9.17, 15) is 9.59 Å². The van der Waals surface area contributed by atoms with Crippen LogP contribution >= 0.6 is 0 Å². The van der Waals surface area contributed by atoms with E-state index >= 15 is 0 Å². The first-order chi connectivity index (χ1) is 9.08. The molecule has 0 fully saturated rings. The van der Waals surface area contributed by atoms with Crippen LogP contribution in [0.1, 0.15) is 23.7 Å². The summed E-state index contributed by atoms with van der Waals surface area (Å²) in [6, 6.07) is 5.93. The predicted molar refractivity (Wildman–Crippen MR) is 72.8 cm³/mol. The minimum Gasteiger partial charge on any atom is -0.395 e. The Bertz CT molecular complexity index is 431. The van der Waals surface area contributed by atoms with Gasteiger partial charge in [-0.1, -0.05) is 6.92 Å². The van der Waals surface area contributed by atoms with Gasteiger partial charge in [-0.05, 0) is 30.7 Å². The summed E-state index contributed by atoms with van der Waals surface area (Å²) < 4.78 is 0.